The summed E-state index contributed by atoms with van der Waals surface area (Å²) in [6, 6.07) is 4.67. The monoisotopic (exact) mass is 264 g/mol. The standard InChI is InChI=1S/C15H24N2O2/c1-16-6-2-3-14(16)15-12-19-10-8-17(15)7-9-18-11-13-4-5-13/h2-3,6,13,15H,4-5,7-12H2,1H3/t15-/m1/s1. The largest absolute Gasteiger partial charge is 0.380 e. The van der Waals surface area contributed by atoms with Gasteiger partial charge in [0.1, 0.15) is 0 Å². The van der Waals surface area contributed by atoms with Gasteiger partial charge < -0.3 is 14.0 Å². The highest BCUT2D eigenvalue weighted by molar-refractivity contribution is 5.12. The molecule has 0 radical (unpaired) electrons. The van der Waals surface area contributed by atoms with Gasteiger partial charge in [0.15, 0.2) is 0 Å². The number of ether oxygens (including phenoxy) is 2. The number of hydrogen-bond donors (Lipinski definition) is 0. The van der Waals surface area contributed by atoms with Gasteiger partial charge in [-0.25, -0.2) is 0 Å². The molecule has 0 unspecified atom stereocenters. The van der Waals surface area contributed by atoms with Crippen LogP contribution >= 0.6 is 0 Å². The average molecular weight is 264 g/mol. The molecule has 2 heterocycles. The van der Waals surface area contributed by atoms with Gasteiger partial charge in [0.25, 0.3) is 0 Å². The third-order valence-electron chi connectivity index (χ3n) is 4.14. The van der Waals surface area contributed by atoms with Crippen molar-refractivity contribution in [3.05, 3.63) is 24.0 Å². The molecule has 1 saturated heterocycles. The van der Waals surface area contributed by atoms with Gasteiger partial charge in [-0.15, -0.1) is 0 Å². The lowest BCUT2D eigenvalue weighted by atomic mass is 10.1. The van der Waals surface area contributed by atoms with Gasteiger partial charge in [-0.3, -0.25) is 4.90 Å². The van der Waals surface area contributed by atoms with Crippen LogP contribution < -0.4 is 0 Å². The van der Waals surface area contributed by atoms with E-state index in [9.17, 15) is 0 Å². The lowest BCUT2D eigenvalue weighted by molar-refractivity contribution is -0.0242. The summed E-state index contributed by atoms with van der Waals surface area (Å²) in [5, 5.41) is 0. The maximum atomic E-state index is 5.77. The Morgan fingerprint density at radius 3 is 3.05 bits per heavy atom. The number of aromatic nitrogens is 1. The first-order valence-electron chi connectivity index (χ1n) is 7.35. The molecule has 3 rings (SSSR count). The Hall–Kier alpha value is -0.840. The van der Waals surface area contributed by atoms with Crippen LogP contribution in [-0.4, -0.2) is 49.0 Å². The van der Waals surface area contributed by atoms with Crippen molar-refractivity contribution < 1.29 is 9.47 Å². The van der Waals surface area contributed by atoms with E-state index in [4.69, 9.17) is 9.47 Å². The molecule has 1 aromatic rings. The first kappa shape index (κ1) is 13.2. The van der Waals surface area contributed by atoms with Crippen LogP contribution in [0.3, 0.4) is 0 Å². The lowest BCUT2D eigenvalue weighted by Crippen LogP contribution is -2.42. The molecular formula is C15H24N2O2. The minimum Gasteiger partial charge on any atom is -0.380 e. The van der Waals surface area contributed by atoms with Crippen molar-refractivity contribution in [2.75, 3.05) is 39.5 Å². The summed E-state index contributed by atoms with van der Waals surface area (Å²) in [7, 11) is 2.10. The molecule has 19 heavy (non-hydrogen) atoms. The Kier molecular flexibility index (Phi) is 4.21. The van der Waals surface area contributed by atoms with Crippen LogP contribution in [0, 0.1) is 5.92 Å². The summed E-state index contributed by atoms with van der Waals surface area (Å²) in [5.41, 5.74) is 1.34. The average Bonchev–Trinajstić information content (AvgIpc) is 3.16. The van der Waals surface area contributed by atoms with Crippen molar-refractivity contribution >= 4 is 0 Å². The summed E-state index contributed by atoms with van der Waals surface area (Å²) >= 11 is 0. The zero-order valence-corrected chi connectivity index (χ0v) is 11.8. The number of aryl methyl sites for hydroxylation is 1. The third kappa shape index (κ3) is 3.38. The van der Waals surface area contributed by atoms with Gasteiger partial charge in [0.2, 0.25) is 0 Å². The van der Waals surface area contributed by atoms with Crippen LogP contribution in [0.4, 0.5) is 0 Å². The molecule has 0 bridgehead atoms. The summed E-state index contributed by atoms with van der Waals surface area (Å²) in [5.74, 6) is 0.855. The molecule has 2 aliphatic rings. The molecular weight excluding hydrogens is 240 g/mol. The molecule has 1 saturated carbocycles. The predicted molar refractivity (Wildman–Crippen MR) is 74.1 cm³/mol. The minimum absolute atomic E-state index is 0.373. The van der Waals surface area contributed by atoms with Crippen molar-refractivity contribution in [2.45, 2.75) is 18.9 Å². The third-order valence-corrected chi connectivity index (χ3v) is 4.14. The summed E-state index contributed by atoms with van der Waals surface area (Å²) < 4.78 is 13.6. The van der Waals surface area contributed by atoms with Crippen molar-refractivity contribution in [2.24, 2.45) is 13.0 Å². The van der Waals surface area contributed by atoms with E-state index in [1.807, 2.05) is 0 Å². The summed E-state index contributed by atoms with van der Waals surface area (Å²) in [6.07, 6.45) is 4.83. The fourth-order valence-corrected chi connectivity index (χ4v) is 2.71. The minimum atomic E-state index is 0.373. The molecule has 2 fully saturated rings. The van der Waals surface area contributed by atoms with Crippen LogP contribution in [0.5, 0.6) is 0 Å². The number of morpholine rings is 1. The first-order valence-corrected chi connectivity index (χ1v) is 7.35. The molecule has 1 aliphatic carbocycles. The highest BCUT2D eigenvalue weighted by Gasteiger charge is 2.26. The van der Waals surface area contributed by atoms with Gasteiger partial charge >= 0.3 is 0 Å². The van der Waals surface area contributed by atoms with Crippen LogP contribution in [0.1, 0.15) is 24.6 Å². The molecule has 0 aromatic carbocycles. The van der Waals surface area contributed by atoms with Crippen molar-refractivity contribution in [3.63, 3.8) is 0 Å². The van der Waals surface area contributed by atoms with Crippen molar-refractivity contribution in [3.8, 4) is 0 Å². The van der Waals surface area contributed by atoms with E-state index < -0.39 is 0 Å². The van der Waals surface area contributed by atoms with Gasteiger partial charge in [-0.2, -0.15) is 0 Å². The van der Waals surface area contributed by atoms with E-state index in [-0.39, 0.29) is 0 Å². The Bertz CT molecular complexity index is 401. The van der Waals surface area contributed by atoms with Crippen molar-refractivity contribution in [1.29, 1.82) is 0 Å². The molecule has 1 atom stereocenters. The second kappa shape index (κ2) is 6.07. The normalized spacial score (nSPS) is 24.8. The fraction of sp³-hybridized carbons (Fsp3) is 0.733. The fourth-order valence-electron chi connectivity index (χ4n) is 2.71. The second-order valence-electron chi connectivity index (χ2n) is 5.69. The first-order chi connectivity index (χ1) is 9.34. The molecule has 1 aromatic heterocycles. The highest BCUT2D eigenvalue weighted by Crippen LogP contribution is 2.29. The maximum Gasteiger partial charge on any atom is 0.0738 e. The smallest absolute Gasteiger partial charge is 0.0738 e. The number of hydrogen-bond acceptors (Lipinski definition) is 3. The van der Waals surface area contributed by atoms with Crippen LogP contribution in [0.25, 0.3) is 0 Å². The second-order valence-corrected chi connectivity index (χ2v) is 5.69. The highest BCUT2D eigenvalue weighted by atomic mass is 16.5. The van der Waals surface area contributed by atoms with Gasteiger partial charge in [0.05, 0.1) is 25.9 Å². The predicted octanol–water partition coefficient (Wildman–Crippen LogP) is 1.82. The molecule has 0 amide bonds. The molecule has 1 aliphatic heterocycles. The van der Waals surface area contributed by atoms with E-state index in [0.29, 0.717) is 6.04 Å². The zero-order valence-electron chi connectivity index (χ0n) is 11.8. The van der Waals surface area contributed by atoms with E-state index >= 15 is 0 Å². The van der Waals surface area contributed by atoms with Gasteiger partial charge in [0, 0.05) is 38.6 Å². The number of nitrogens with zero attached hydrogens (tertiary/aromatic N) is 2. The Morgan fingerprint density at radius 2 is 2.32 bits per heavy atom. The molecule has 106 valence electrons. The Balaban J connectivity index is 1.52. The number of rotatable bonds is 6. The van der Waals surface area contributed by atoms with Crippen LogP contribution in [-0.2, 0) is 16.5 Å². The quantitative estimate of drug-likeness (QED) is 0.733. The van der Waals surface area contributed by atoms with E-state index in [0.717, 1.165) is 45.4 Å². The zero-order chi connectivity index (χ0) is 13.1. The van der Waals surface area contributed by atoms with E-state index in [2.05, 4.69) is 34.8 Å². The van der Waals surface area contributed by atoms with Crippen LogP contribution in [0.2, 0.25) is 0 Å². The van der Waals surface area contributed by atoms with Gasteiger partial charge in [-0.05, 0) is 30.9 Å². The topological polar surface area (TPSA) is 26.6 Å². The summed E-state index contributed by atoms with van der Waals surface area (Å²) in [4.78, 5) is 2.49. The molecule has 0 spiro atoms. The molecule has 4 nitrogen and oxygen atoms in total. The van der Waals surface area contributed by atoms with E-state index in [1.165, 1.54) is 18.5 Å². The Labute approximate surface area is 115 Å². The molecule has 0 N–H and O–H groups in total. The summed E-state index contributed by atoms with van der Waals surface area (Å²) in [6.45, 7) is 5.44. The maximum absolute atomic E-state index is 5.77. The lowest BCUT2D eigenvalue weighted by Gasteiger charge is -2.35. The Morgan fingerprint density at radius 1 is 1.42 bits per heavy atom. The SMILES string of the molecule is Cn1cccc1[C@H]1COCCN1CCOCC1CC1. The van der Waals surface area contributed by atoms with E-state index in [1.54, 1.807) is 0 Å². The molecule has 4 heteroatoms. The van der Waals surface area contributed by atoms with Crippen LogP contribution in [0.15, 0.2) is 18.3 Å². The van der Waals surface area contributed by atoms with Crippen molar-refractivity contribution in [1.82, 2.24) is 9.47 Å². The van der Waals surface area contributed by atoms with Gasteiger partial charge in [-0.1, -0.05) is 0 Å².